The monoisotopic (exact) mass is 694 g/mol. The average Bonchev–Trinajstić information content (AvgIpc) is 3.71. The number of nitrogens with zero attached hydrogens (tertiary/aromatic N) is 3. The van der Waals surface area contributed by atoms with Crippen LogP contribution < -0.4 is 14.8 Å². The van der Waals surface area contributed by atoms with Gasteiger partial charge in [-0.05, 0) is 76.0 Å². The van der Waals surface area contributed by atoms with E-state index < -0.39 is 42.5 Å². The Labute approximate surface area is 293 Å². The van der Waals surface area contributed by atoms with Gasteiger partial charge in [0, 0.05) is 24.9 Å². The van der Waals surface area contributed by atoms with Crippen LogP contribution in [0.5, 0.6) is 11.6 Å². The minimum atomic E-state index is -1.14. The van der Waals surface area contributed by atoms with Crippen LogP contribution in [0.3, 0.4) is 0 Å². The molecule has 2 amide bonds. The van der Waals surface area contributed by atoms with Crippen molar-refractivity contribution in [3.8, 4) is 11.6 Å². The van der Waals surface area contributed by atoms with E-state index in [0.717, 1.165) is 81.7 Å². The fourth-order valence-corrected chi connectivity index (χ4v) is 8.49. The fraction of sp³-hybridized carbons (Fsp3) is 0.684. The number of esters is 1. The molecule has 1 aromatic heterocycles. The molecule has 2 bridgehead atoms. The normalized spacial score (nSPS) is 31.7. The van der Waals surface area contributed by atoms with E-state index in [9.17, 15) is 14.4 Å². The number of methoxy groups -OCH3 is 1. The number of alkyl halides is 1. The molecule has 0 unspecified atom stereocenters. The number of rotatable bonds is 4. The molecule has 2 saturated heterocycles. The van der Waals surface area contributed by atoms with E-state index >= 15 is 4.39 Å². The molecular formula is C38H51FN4O7. The van der Waals surface area contributed by atoms with Crippen molar-refractivity contribution < 1.29 is 37.7 Å². The quantitative estimate of drug-likeness (QED) is 0.422. The summed E-state index contributed by atoms with van der Waals surface area (Å²) in [5.74, 6) is 0.374. The lowest BCUT2D eigenvalue weighted by atomic mass is 9.83. The summed E-state index contributed by atoms with van der Waals surface area (Å²) in [5.41, 5.74) is 1.46. The van der Waals surface area contributed by atoms with Gasteiger partial charge in [0.1, 0.15) is 42.3 Å². The number of hydrogen-bond acceptors (Lipinski definition) is 9. The minimum absolute atomic E-state index is 0.0602. The highest BCUT2D eigenvalue weighted by Gasteiger charge is 2.47. The molecule has 7 rings (SSSR count). The van der Waals surface area contributed by atoms with Crippen LogP contribution in [0, 0.1) is 11.8 Å². The SMILES string of the molecule is COC(=O)[C@@H]1C[C@@H]2CN1C(=O)[C@H](C1CCCCC1)NC(=O)O[C@@H]1C[C@H]1CCCCCc1c(nc3ccccc3c1O[C@H]1CCN(C)C[C@H]1F)O2. The van der Waals surface area contributed by atoms with Crippen LogP contribution in [-0.4, -0.2) is 103 Å². The van der Waals surface area contributed by atoms with Crippen molar-refractivity contribution in [3.63, 3.8) is 0 Å². The van der Waals surface area contributed by atoms with Crippen LogP contribution in [-0.2, 0) is 25.5 Å². The van der Waals surface area contributed by atoms with E-state index in [4.69, 9.17) is 23.9 Å². The molecule has 7 atom stereocenters. The Morgan fingerprint density at radius 3 is 2.50 bits per heavy atom. The lowest BCUT2D eigenvalue weighted by Crippen LogP contribution is -2.55. The van der Waals surface area contributed by atoms with Crippen molar-refractivity contribution in [1.29, 1.82) is 0 Å². The van der Waals surface area contributed by atoms with Crippen molar-refractivity contribution in [1.82, 2.24) is 20.1 Å². The van der Waals surface area contributed by atoms with Gasteiger partial charge in [0.2, 0.25) is 11.8 Å². The van der Waals surface area contributed by atoms with Gasteiger partial charge in [-0.2, -0.15) is 0 Å². The first-order valence-corrected chi connectivity index (χ1v) is 18.7. The van der Waals surface area contributed by atoms with Gasteiger partial charge < -0.3 is 34.1 Å². The van der Waals surface area contributed by atoms with Crippen LogP contribution >= 0.6 is 0 Å². The third-order valence-electron chi connectivity index (χ3n) is 11.4. The zero-order valence-corrected chi connectivity index (χ0v) is 29.3. The predicted octanol–water partition coefficient (Wildman–Crippen LogP) is 5.36. The molecule has 50 heavy (non-hydrogen) atoms. The van der Waals surface area contributed by atoms with Crippen molar-refractivity contribution in [2.45, 2.75) is 120 Å². The third kappa shape index (κ3) is 7.65. The number of piperidine rings is 1. The fourth-order valence-electron chi connectivity index (χ4n) is 8.49. The number of aromatic nitrogens is 1. The topological polar surface area (TPSA) is 120 Å². The van der Waals surface area contributed by atoms with Crippen LogP contribution in [0.1, 0.15) is 82.6 Å². The van der Waals surface area contributed by atoms with Gasteiger partial charge in [0.25, 0.3) is 0 Å². The summed E-state index contributed by atoms with van der Waals surface area (Å²) in [6.45, 7) is 1.16. The van der Waals surface area contributed by atoms with Gasteiger partial charge in [0.15, 0.2) is 0 Å². The first-order valence-electron chi connectivity index (χ1n) is 18.7. The molecule has 2 aromatic rings. The highest BCUT2D eigenvalue weighted by Crippen LogP contribution is 2.41. The highest BCUT2D eigenvalue weighted by atomic mass is 19.1. The van der Waals surface area contributed by atoms with Crippen LogP contribution in [0.2, 0.25) is 0 Å². The van der Waals surface area contributed by atoms with E-state index in [1.54, 1.807) is 0 Å². The number of carbonyl (C=O) groups is 3. The Kier molecular flexibility index (Phi) is 10.6. The number of para-hydroxylation sites is 1. The zero-order chi connectivity index (χ0) is 34.8. The maximum absolute atomic E-state index is 15.4. The van der Waals surface area contributed by atoms with E-state index in [-0.39, 0.29) is 30.9 Å². The summed E-state index contributed by atoms with van der Waals surface area (Å²) < 4.78 is 39.7. The molecule has 4 fully saturated rings. The first kappa shape index (κ1) is 34.8. The lowest BCUT2D eigenvalue weighted by Gasteiger charge is -2.34. The number of ether oxygens (including phenoxy) is 4. The average molecular weight is 695 g/mol. The van der Waals surface area contributed by atoms with Crippen molar-refractivity contribution in [3.05, 3.63) is 29.8 Å². The number of pyridine rings is 1. The largest absolute Gasteiger partial charge is 0.486 e. The molecule has 2 saturated carbocycles. The maximum atomic E-state index is 15.4. The highest BCUT2D eigenvalue weighted by molar-refractivity contribution is 5.91. The summed E-state index contributed by atoms with van der Waals surface area (Å²) >= 11 is 0. The number of amides is 2. The Morgan fingerprint density at radius 2 is 1.72 bits per heavy atom. The second-order valence-corrected chi connectivity index (χ2v) is 15.0. The second kappa shape index (κ2) is 15.3. The third-order valence-corrected chi connectivity index (χ3v) is 11.4. The van der Waals surface area contributed by atoms with Gasteiger partial charge >= 0.3 is 12.1 Å². The molecular weight excluding hydrogens is 643 g/mol. The van der Waals surface area contributed by atoms with E-state index in [1.165, 1.54) is 12.0 Å². The summed E-state index contributed by atoms with van der Waals surface area (Å²) in [4.78, 5) is 49.3. The summed E-state index contributed by atoms with van der Waals surface area (Å²) in [5, 5.41) is 3.75. The summed E-state index contributed by atoms with van der Waals surface area (Å²) in [6, 6.07) is 5.99. The molecule has 1 N–H and O–H groups in total. The molecule has 3 aliphatic heterocycles. The number of fused-ring (bicyclic) bond motifs is 5. The van der Waals surface area contributed by atoms with Crippen molar-refractivity contribution in [2.75, 3.05) is 33.8 Å². The van der Waals surface area contributed by atoms with Gasteiger partial charge in [0.05, 0.1) is 24.7 Å². The molecule has 12 heteroatoms. The van der Waals surface area contributed by atoms with Gasteiger partial charge in [-0.3, -0.25) is 4.79 Å². The molecule has 272 valence electrons. The Hall–Kier alpha value is -3.67. The van der Waals surface area contributed by atoms with Crippen LogP contribution in [0.25, 0.3) is 10.9 Å². The Bertz CT molecular complexity index is 1550. The molecule has 1 aromatic carbocycles. The number of halogens is 1. The number of hydrogen-bond donors (Lipinski definition) is 1. The van der Waals surface area contributed by atoms with Gasteiger partial charge in [-0.1, -0.05) is 44.2 Å². The van der Waals surface area contributed by atoms with Crippen LogP contribution in [0.4, 0.5) is 9.18 Å². The van der Waals surface area contributed by atoms with E-state index in [0.29, 0.717) is 42.5 Å². The van der Waals surface area contributed by atoms with E-state index in [1.807, 2.05) is 36.2 Å². The number of benzene rings is 1. The second-order valence-electron chi connectivity index (χ2n) is 15.0. The minimum Gasteiger partial charge on any atom is -0.486 e. The van der Waals surface area contributed by atoms with E-state index in [2.05, 4.69) is 5.32 Å². The maximum Gasteiger partial charge on any atom is 0.408 e. The van der Waals surface area contributed by atoms with Gasteiger partial charge in [-0.25, -0.2) is 19.0 Å². The molecule has 11 nitrogen and oxygen atoms in total. The molecule has 0 spiro atoms. The molecule has 0 radical (unpaired) electrons. The zero-order valence-electron chi connectivity index (χ0n) is 29.3. The van der Waals surface area contributed by atoms with Crippen LogP contribution in [0.15, 0.2) is 24.3 Å². The lowest BCUT2D eigenvalue weighted by molar-refractivity contribution is -0.152. The summed E-state index contributed by atoms with van der Waals surface area (Å²) in [7, 11) is 3.23. The van der Waals surface area contributed by atoms with Crippen molar-refractivity contribution in [2.24, 2.45) is 11.8 Å². The Balaban J connectivity index is 1.24. The molecule has 4 heterocycles. The smallest absolute Gasteiger partial charge is 0.408 e. The standard InChI is InChI=1S/C38H51FN4O7/c1-42-18-17-31(28(39)22-42)49-34-26-14-9-10-16-29(26)40-35-27(34)15-8-4-7-13-24-19-32(24)50-38(46)41-33(23-11-5-3-6-12-23)36(44)43-21-25(48-35)20-30(43)37(45)47-2/h9-10,14,16,23-25,28,30-33H,3-8,11-13,15,17-22H2,1-2H3,(H,41,46)/t24-,25-,28-,30+,31+,32-,33+/m1/s1. The summed E-state index contributed by atoms with van der Waals surface area (Å²) in [6.07, 6.45) is 7.52. The molecule has 5 aliphatic rings. The number of alkyl carbamates (subject to hydrolysis) is 1. The number of nitrogens with one attached hydrogen (secondary N) is 1. The predicted molar refractivity (Wildman–Crippen MR) is 184 cm³/mol. The number of carbonyl (C=O) groups excluding carboxylic acids is 3. The first-order chi connectivity index (χ1) is 24.3. The van der Waals surface area contributed by atoms with Gasteiger partial charge in [-0.15, -0.1) is 0 Å². The molecule has 2 aliphatic carbocycles. The Morgan fingerprint density at radius 1 is 0.960 bits per heavy atom. The number of likely N-dealkylation sites (tertiary alicyclic amines) is 1. The van der Waals surface area contributed by atoms with Crippen molar-refractivity contribution >= 4 is 28.9 Å².